The minimum atomic E-state index is -1.31. The maximum Gasteiger partial charge on any atom is 0.106 e. The first-order chi connectivity index (χ1) is 5.91. The van der Waals surface area contributed by atoms with E-state index >= 15 is 0 Å². The Morgan fingerprint density at radius 2 is 1.31 bits per heavy atom. The van der Waals surface area contributed by atoms with E-state index in [1.165, 1.54) is 0 Å². The average Bonchev–Trinajstić information content (AvgIpc) is 2.13. The molecule has 0 heterocycles. The van der Waals surface area contributed by atoms with E-state index in [-0.39, 0.29) is 0 Å². The third-order valence-electron chi connectivity index (χ3n) is 3.66. The normalized spacial score (nSPS) is 19.1. The zero-order valence-corrected chi connectivity index (χ0v) is 11.2. The highest BCUT2D eigenvalue weighted by molar-refractivity contribution is 6.92. The molecule has 0 atom stereocenters. The summed E-state index contributed by atoms with van der Waals surface area (Å²) in [5.74, 6) is 0. The van der Waals surface area contributed by atoms with Gasteiger partial charge in [0.05, 0.1) is 0 Å². The van der Waals surface area contributed by atoms with E-state index in [1.54, 1.807) is 10.4 Å². The van der Waals surface area contributed by atoms with Crippen LogP contribution in [-0.2, 0) is 0 Å². The summed E-state index contributed by atoms with van der Waals surface area (Å²) in [5, 5.41) is 3.22. The molecule has 0 spiro atoms. The lowest BCUT2D eigenvalue weighted by molar-refractivity contribution is 1.01. The molecule has 0 bridgehead atoms. The molecule has 0 N–H and O–H groups in total. The topological polar surface area (TPSA) is 0 Å². The largest absolute Gasteiger partial charge is 0.106 e. The van der Waals surface area contributed by atoms with Gasteiger partial charge in [-0.05, 0) is 33.2 Å². The standard InChI is InChI=1S/C12H24Si/c1-8-11(5)13(7,10(3)4)12(6)9-2/h8-10H,1-7H3. The Hall–Kier alpha value is -0.303. The minimum absolute atomic E-state index is 0.792. The molecule has 0 saturated carbocycles. The molecule has 0 nitrogen and oxygen atoms in total. The molecule has 1 heteroatoms. The predicted octanol–water partition coefficient (Wildman–Crippen LogP) is 4.49. The zero-order chi connectivity index (χ0) is 10.6. The van der Waals surface area contributed by atoms with Crippen molar-refractivity contribution in [3.63, 3.8) is 0 Å². The summed E-state index contributed by atoms with van der Waals surface area (Å²) < 4.78 is 0. The van der Waals surface area contributed by atoms with Crippen LogP contribution in [0.4, 0.5) is 0 Å². The van der Waals surface area contributed by atoms with Crippen molar-refractivity contribution in [3.8, 4) is 0 Å². The van der Waals surface area contributed by atoms with Crippen LogP contribution >= 0.6 is 0 Å². The van der Waals surface area contributed by atoms with Gasteiger partial charge in [-0.2, -0.15) is 0 Å². The first-order valence-corrected chi connectivity index (χ1v) is 7.75. The van der Waals surface area contributed by atoms with Crippen molar-refractivity contribution in [2.45, 2.75) is 53.6 Å². The molecule has 0 aliphatic rings. The van der Waals surface area contributed by atoms with Gasteiger partial charge in [0.25, 0.3) is 0 Å². The Morgan fingerprint density at radius 1 is 1.00 bits per heavy atom. The lowest BCUT2D eigenvalue weighted by Crippen LogP contribution is -2.37. The molecule has 0 rings (SSSR count). The van der Waals surface area contributed by atoms with Gasteiger partial charge in [-0.3, -0.25) is 0 Å². The molecule has 0 radical (unpaired) electrons. The lowest BCUT2D eigenvalue weighted by Gasteiger charge is -2.34. The van der Waals surface area contributed by atoms with E-state index in [0.717, 1.165) is 5.54 Å². The summed E-state index contributed by atoms with van der Waals surface area (Å²) in [6, 6.07) is 0. The van der Waals surface area contributed by atoms with Crippen molar-refractivity contribution in [3.05, 3.63) is 22.5 Å². The van der Waals surface area contributed by atoms with Gasteiger partial charge in [-0.1, -0.05) is 42.9 Å². The first-order valence-electron chi connectivity index (χ1n) is 5.18. The zero-order valence-electron chi connectivity index (χ0n) is 10.2. The fourth-order valence-electron chi connectivity index (χ4n) is 1.82. The number of rotatable bonds is 3. The molecule has 0 amide bonds. The highest BCUT2D eigenvalue weighted by atomic mass is 28.3. The molecule has 0 fully saturated rings. The Bertz CT molecular complexity index is 203. The molecule has 0 aliphatic carbocycles. The second-order valence-corrected chi connectivity index (χ2v) is 9.44. The van der Waals surface area contributed by atoms with Crippen molar-refractivity contribution in [1.82, 2.24) is 0 Å². The Labute approximate surface area is 84.8 Å². The highest BCUT2D eigenvalue weighted by Crippen LogP contribution is 2.34. The maximum atomic E-state index is 2.47. The summed E-state index contributed by atoms with van der Waals surface area (Å²) in [4.78, 5) is 0. The molecule has 0 saturated heterocycles. The summed E-state index contributed by atoms with van der Waals surface area (Å²) in [6.45, 7) is 16.1. The van der Waals surface area contributed by atoms with E-state index in [4.69, 9.17) is 0 Å². The maximum absolute atomic E-state index is 2.47. The first kappa shape index (κ1) is 12.7. The van der Waals surface area contributed by atoms with Gasteiger partial charge in [-0.25, -0.2) is 0 Å². The fraction of sp³-hybridized carbons (Fsp3) is 0.667. The van der Waals surface area contributed by atoms with Crippen LogP contribution in [0.3, 0.4) is 0 Å². The summed E-state index contributed by atoms with van der Waals surface area (Å²) in [6.07, 6.45) is 4.58. The molecular formula is C12H24Si. The van der Waals surface area contributed by atoms with Gasteiger partial charge in [0, 0.05) is 0 Å². The van der Waals surface area contributed by atoms with Crippen LogP contribution in [0.5, 0.6) is 0 Å². The van der Waals surface area contributed by atoms with Crippen LogP contribution in [0.25, 0.3) is 0 Å². The summed E-state index contributed by atoms with van der Waals surface area (Å²) >= 11 is 0. The molecular weight excluding hydrogens is 172 g/mol. The van der Waals surface area contributed by atoms with E-state index in [9.17, 15) is 0 Å². The van der Waals surface area contributed by atoms with Crippen LogP contribution in [0.2, 0.25) is 12.1 Å². The van der Waals surface area contributed by atoms with Gasteiger partial charge in [0.15, 0.2) is 0 Å². The van der Waals surface area contributed by atoms with Crippen molar-refractivity contribution < 1.29 is 0 Å². The predicted molar refractivity (Wildman–Crippen MR) is 65.6 cm³/mol. The summed E-state index contributed by atoms with van der Waals surface area (Å²) in [7, 11) is -1.31. The smallest absolute Gasteiger partial charge is 0.0922 e. The van der Waals surface area contributed by atoms with Crippen LogP contribution in [0, 0.1) is 0 Å². The van der Waals surface area contributed by atoms with E-state index in [1.807, 2.05) is 0 Å². The third kappa shape index (κ3) is 2.34. The molecule has 0 aromatic heterocycles. The van der Waals surface area contributed by atoms with Gasteiger partial charge < -0.3 is 0 Å². The van der Waals surface area contributed by atoms with Crippen molar-refractivity contribution in [1.29, 1.82) is 0 Å². The third-order valence-corrected chi connectivity index (χ3v) is 9.82. The molecule has 0 aliphatic heterocycles. The Morgan fingerprint density at radius 3 is 1.46 bits per heavy atom. The number of allylic oxidation sites excluding steroid dienone is 4. The van der Waals surface area contributed by atoms with Gasteiger partial charge in [0.1, 0.15) is 8.07 Å². The minimum Gasteiger partial charge on any atom is -0.0922 e. The monoisotopic (exact) mass is 196 g/mol. The molecule has 0 aromatic rings. The Kier molecular flexibility index (Phi) is 4.69. The van der Waals surface area contributed by atoms with Crippen LogP contribution in [0.15, 0.2) is 22.5 Å². The van der Waals surface area contributed by atoms with E-state index < -0.39 is 8.07 Å². The fourth-order valence-corrected chi connectivity index (χ4v) is 5.46. The SMILES string of the molecule is CC=C(C)[Si](C)(C(C)=CC)C(C)C. The lowest BCUT2D eigenvalue weighted by atomic mass is 10.5. The number of hydrogen-bond acceptors (Lipinski definition) is 0. The quantitative estimate of drug-likeness (QED) is 0.584. The second kappa shape index (κ2) is 4.80. The van der Waals surface area contributed by atoms with Crippen LogP contribution < -0.4 is 0 Å². The average molecular weight is 196 g/mol. The summed E-state index contributed by atoms with van der Waals surface area (Å²) in [5.41, 5.74) is 0.792. The van der Waals surface area contributed by atoms with Gasteiger partial charge in [0.2, 0.25) is 0 Å². The number of hydrogen-bond donors (Lipinski definition) is 0. The molecule has 0 aromatic carbocycles. The van der Waals surface area contributed by atoms with Crippen molar-refractivity contribution in [2.75, 3.05) is 0 Å². The van der Waals surface area contributed by atoms with Crippen molar-refractivity contribution in [2.24, 2.45) is 0 Å². The molecule has 76 valence electrons. The van der Waals surface area contributed by atoms with Crippen molar-refractivity contribution >= 4 is 8.07 Å². The van der Waals surface area contributed by atoms with Crippen LogP contribution in [-0.4, -0.2) is 8.07 Å². The second-order valence-electron chi connectivity index (χ2n) is 4.30. The highest BCUT2D eigenvalue weighted by Gasteiger charge is 2.33. The van der Waals surface area contributed by atoms with Gasteiger partial charge >= 0.3 is 0 Å². The Balaban J connectivity index is 5.20. The van der Waals surface area contributed by atoms with E-state index in [0.29, 0.717) is 0 Å². The van der Waals surface area contributed by atoms with E-state index in [2.05, 4.69) is 60.2 Å². The van der Waals surface area contributed by atoms with Gasteiger partial charge in [-0.15, -0.1) is 0 Å². The van der Waals surface area contributed by atoms with Crippen LogP contribution in [0.1, 0.15) is 41.5 Å². The molecule has 0 unspecified atom stereocenters. The molecule has 13 heavy (non-hydrogen) atoms.